The van der Waals surface area contributed by atoms with Crippen molar-refractivity contribution in [1.29, 1.82) is 0 Å². The van der Waals surface area contributed by atoms with E-state index in [0.29, 0.717) is 23.6 Å². The lowest BCUT2D eigenvalue weighted by Gasteiger charge is -1.95. The fourth-order valence-corrected chi connectivity index (χ4v) is 3.81. The second-order valence-corrected chi connectivity index (χ2v) is 7.33. The van der Waals surface area contributed by atoms with Gasteiger partial charge in [0.25, 0.3) is 0 Å². The first kappa shape index (κ1) is 14.9. The van der Waals surface area contributed by atoms with Crippen molar-refractivity contribution in [1.82, 2.24) is 15.3 Å². The van der Waals surface area contributed by atoms with E-state index in [0.717, 1.165) is 22.6 Å². The first-order valence-electron chi connectivity index (χ1n) is 6.21. The molecule has 116 valence electrons. The van der Waals surface area contributed by atoms with Gasteiger partial charge in [-0.3, -0.25) is 0 Å². The number of hydrogen-bond donors (Lipinski definition) is 1. The molecule has 0 aliphatic rings. The molecule has 0 radical (unpaired) electrons. The summed E-state index contributed by atoms with van der Waals surface area (Å²) in [5.41, 5.74) is 1.95. The van der Waals surface area contributed by atoms with Crippen molar-refractivity contribution < 1.29 is 17.5 Å². The molecule has 3 rings (SSSR count). The molecule has 22 heavy (non-hydrogen) atoms. The molecule has 0 fully saturated rings. The van der Waals surface area contributed by atoms with Crippen molar-refractivity contribution in [2.24, 2.45) is 5.14 Å². The van der Waals surface area contributed by atoms with Gasteiger partial charge in [0.1, 0.15) is 9.97 Å². The van der Waals surface area contributed by atoms with Crippen LogP contribution in [-0.4, -0.2) is 23.7 Å². The highest BCUT2D eigenvalue weighted by atomic mass is 32.2. The van der Waals surface area contributed by atoms with Gasteiger partial charge in [0.2, 0.25) is 21.7 Å². The van der Waals surface area contributed by atoms with Crippen molar-refractivity contribution in [2.75, 3.05) is 0 Å². The molecule has 2 N–H and O–H groups in total. The normalized spacial score (nSPS) is 12.0. The quantitative estimate of drug-likeness (QED) is 0.765. The van der Waals surface area contributed by atoms with E-state index in [9.17, 15) is 8.42 Å². The number of hydrogen-bond acceptors (Lipinski definition) is 8. The molecule has 10 heteroatoms. The molecule has 3 aromatic rings. The van der Waals surface area contributed by atoms with Crippen LogP contribution in [0.25, 0.3) is 11.4 Å². The van der Waals surface area contributed by atoms with E-state index in [4.69, 9.17) is 14.2 Å². The van der Waals surface area contributed by atoms with Gasteiger partial charge in [-0.2, -0.15) is 4.98 Å². The topological polar surface area (TPSA) is 125 Å². The number of nitrogens with two attached hydrogens (primary N) is 1. The highest BCUT2D eigenvalue weighted by molar-refractivity contribution is 7.91. The number of primary sulfonamides is 1. The van der Waals surface area contributed by atoms with E-state index in [1.54, 1.807) is 18.4 Å². The van der Waals surface area contributed by atoms with E-state index >= 15 is 0 Å². The molecular formula is C12H12N4O4S2. The van der Waals surface area contributed by atoms with E-state index in [1.807, 2.05) is 6.92 Å². The highest BCUT2D eigenvalue weighted by Gasteiger charge is 2.21. The van der Waals surface area contributed by atoms with Crippen LogP contribution in [0.4, 0.5) is 0 Å². The zero-order valence-electron chi connectivity index (χ0n) is 11.7. The van der Waals surface area contributed by atoms with Crippen LogP contribution in [0.1, 0.15) is 22.9 Å². The number of sulfonamides is 1. The number of rotatable bonds is 4. The van der Waals surface area contributed by atoms with Crippen molar-refractivity contribution in [3.8, 4) is 11.4 Å². The fourth-order valence-electron chi connectivity index (χ4n) is 2.02. The Hall–Kier alpha value is -2.04. The summed E-state index contributed by atoms with van der Waals surface area (Å²) in [6.45, 7) is 3.62. The lowest BCUT2D eigenvalue weighted by atomic mass is 10.1. The van der Waals surface area contributed by atoms with Gasteiger partial charge in [0.15, 0.2) is 0 Å². The van der Waals surface area contributed by atoms with E-state index < -0.39 is 10.0 Å². The van der Waals surface area contributed by atoms with Crippen LogP contribution < -0.4 is 5.14 Å². The van der Waals surface area contributed by atoms with Gasteiger partial charge in [-0.1, -0.05) is 10.3 Å². The van der Waals surface area contributed by atoms with Crippen LogP contribution in [0, 0.1) is 13.8 Å². The molecule has 0 bridgehead atoms. The Labute approximate surface area is 130 Å². The third-order valence-electron chi connectivity index (χ3n) is 3.11. The predicted molar refractivity (Wildman–Crippen MR) is 77.8 cm³/mol. The maximum absolute atomic E-state index is 11.5. The zero-order valence-corrected chi connectivity index (χ0v) is 13.4. The minimum absolute atomic E-state index is 0.0113. The molecule has 0 aliphatic carbocycles. The minimum Gasteiger partial charge on any atom is -0.361 e. The summed E-state index contributed by atoms with van der Waals surface area (Å²) in [5, 5.41) is 14.5. The van der Waals surface area contributed by atoms with Crippen LogP contribution in [0.2, 0.25) is 0 Å². The Kier molecular flexibility index (Phi) is 3.59. The minimum atomic E-state index is -3.82. The summed E-state index contributed by atoms with van der Waals surface area (Å²) in [7, 11) is -3.82. The van der Waals surface area contributed by atoms with Crippen LogP contribution in [-0.2, 0) is 16.4 Å². The Balaban J connectivity index is 1.94. The second-order valence-electron chi connectivity index (χ2n) is 4.66. The smallest absolute Gasteiger partial charge is 0.248 e. The predicted octanol–water partition coefficient (Wildman–Crippen LogP) is 1.64. The van der Waals surface area contributed by atoms with Crippen molar-refractivity contribution >= 4 is 21.4 Å². The Morgan fingerprint density at radius 1 is 1.27 bits per heavy atom. The average molecular weight is 340 g/mol. The Morgan fingerprint density at radius 3 is 2.68 bits per heavy atom. The number of nitrogens with zero attached hydrogens (tertiary/aromatic N) is 3. The molecule has 0 aromatic carbocycles. The Bertz CT molecular complexity index is 903. The van der Waals surface area contributed by atoms with Crippen molar-refractivity contribution in [3.63, 3.8) is 0 Å². The number of aromatic nitrogens is 3. The number of thiophene rings is 1. The van der Waals surface area contributed by atoms with Gasteiger partial charge in [-0.25, -0.2) is 13.6 Å². The summed E-state index contributed by atoms with van der Waals surface area (Å²) in [4.78, 5) is 4.22. The largest absolute Gasteiger partial charge is 0.361 e. The molecular weight excluding hydrogens is 328 g/mol. The molecule has 0 aliphatic heterocycles. The summed E-state index contributed by atoms with van der Waals surface area (Å²) in [6, 6.07) is 1.59. The fraction of sp³-hybridized carbons (Fsp3) is 0.250. The third kappa shape index (κ3) is 2.67. The maximum atomic E-state index is 11.5. The van der Waals surface area contributed by atoms with Gasteiger partial charge < -0.3 is 9.05 Å². The maximum Gasteiger partial charge on any atom is 0.248 e. The molecule has 0 saturated carbocycles. The van der Waals surface area contributed by atoms with Gasteiger partial charge >= 0.3 is 0 Å². The average Bonchev–Trinajstić information content (AvgIpc) is 3.13. The van der Waals surface area contributed by atoms with Crippen LogP contribution in [0.15, 0.2) is 24.7 Å². The van der Waals surface area contributed by atoms with Crippen LogP contribution in [0.3, 0.4) is 0 Å². The van der Waals surface area contributed by atoms with Crippen LogP contribution >= 0.6 is 11.3 Å². The van der Waals surface area contributed by atoms with E-state index in [2.05, 4.69) is 15.3 Å². The SMILES string of the molecule is Cc1noc(C)c1Cc1nc(-c2ccsc2S(N)(=O)=O)no1. The Morgan fingerprint density at radius 2 is 2.05 bits per heavy atom. The molecule has 0 atom stereocenters. The number of aryl methyl sites for hydroxylation is 2. The summed E-state index contributed by atoms with van der Waals surface area (Å²) in [5.74, 6) is 1.21. The first-order valence-corrected chi connectivity index (χ1v) is 8.64. The molecule has 3 aromatic heterocycles. The van der Waals surface area contributed by atoms with Gasteiger partial charge in [-0.15, -0.1) is 11.3 Å². The summed E-state index contributed by atoms with van der Waals surface area (Å²) >= 11 is 1.01. The second kappa shape index (κ2) is 5.30. The van der Waals surface area contributed by atoms with Crippen molar-refractivity contribution in [2.45, 2.75) is 24.5 Å². The first-order chi connectivity index (χ1) is 10.4. The molecule has 0 unspecified atom stereocenters. The monoisotopic (exact) mass is 340 g/mol. The van der Waals surface area contributed by atoms with E-state index in [-0.39, 0.29) is 10.0 Å². The lowest BCUT2D eigenvalue weighted by Crippen LogP contribution is -2.11. The van der Waals surface area contributed by atoms with Crippen LogP contribution in [0.5, 0.6) is 0 Å². The zero-order chi connectivity index (χ0) is 15.9. The van der Waals surface area contributed by atoms with Crippen molar-refractivity contribution in [3.05, 3.63) is 34.4 Å². The van der Waals surface area contributed by atoms with Gasteiger partial charge in [-0.05, 0) is 25.3 Å². The third-order valence-corrected chi connectivity index (χ3v) is 5.53. The standard InChI is InChI=1S/C12H12N4O4S2/c1-6-9(7(2)19-15-6)5-10-14-11(16-20-10)8-3-4-21-12(8)22(13,17)18/h3-4H,5H2,1-2H3,(H2,13,17,18). The molecule has 0 amide bonds. The van der Waals surface area contributed by atoms with Gasteiger partial charge in [0, 0.05) is 5.56 Å². The lowest BCUT2D eigenvalue weighted by molar-refractivity contribution is 0.381. The summed E-state index contributed by atoms with van der Waals surface area (Å²) in [6.07, 6.45) is 0.364. The highest BCUT2D eigenvalue weighted by Crippen LogP contribution is 2.29. The molecule has 3 heterocycles. The molecule has 0 saturated heterocycles. The summed E-state index contributed by atoms with van der Waals surface area (Å²) < 4.78 is 33.3. The molecule has 0 spiro atoms. The molecule has 8 nitrogen and oxygen atoms in total. The van der Waals surface area contributed by atoms with E-state index in [1.165, 1.54) is 0 Å². The van der Waals surface area contributed by atoms with Gasteiger partial charge in [0.05, 0.1) is 17.7 Å².